The number of esters is 1. The van der Waals surface area contributed by atoms with Crippen LogP contribution in [0.3, 0.4) is 0 Å². The average molecular weight is 326 g/mol. The highest BCUT2D eigenvalue weighted by Crippen LogP contribution is 2.16. The molecule has 5 heteroatoms. The molecule has 24 heavy (non-hydrogen) atoms. The Morgan fingerprint density at radius 1 is 1.08 bits per heavy atom. The van der Waals surface area contributed by atoms with E-state index in [2.05, 4.69) is 10.1 Å². The van der Waals surface area contributed by atoms with Crippen molar-refractivity contribution < 1.29 is 14.3 Å². The Balaban J connectivity index is 1.84. The zero-order valence-electron chi connectivity index (χ0n) is 13.7. The molecular weight excluding hydrogens is 304 g/mol. The van der Waals surface area contributed by atoms with Gasteiger partial charge >= 0.3 is 5.97 Å². The van der Waals surface area contributed by atoms with Crippen LogP contribution in [0.25, 0.3) is 0 Å². The monoisotopic (exact) mass is 326 g/mol. The molecule has 3 N–H and O–H groups in total. The molecule has 1 unspecified atom stereocenters. The summed E-state index contributed by atoms with van der Waals surface area (Å²) in [6, 6.07) is 16.6. The van der Waals surface area contributed by atoms with Gasteiger partial charge in [0, 0.05) is 24.6 Å². The van der Waals surface area contributed by atoms with Gasteiger partial charge in [0.25, 0.3) is 0 Å². The third-order valence-electron chi connectivity index (χ3n) is 3.72. The molecule has 1 atom stereocenters. The smallest absolute Gasteiger partial charge is 0.305 e. The number of hydrogen-bond acceptors (Lipinski definition) is 4. The van der Waals surface area contributed by atoms with Crippen LogP contribution in [0.4, 0.5) is 5.69 Å². The lowest BCUT2D eigenvalue weighted by Crippen LogP contribution is -2.20. The number of carbonyl (C=O) groups is 2. The van der Waals surface area contributed by atoms with Gasteiger partial charge in [-0.1, -0.05) is 42.5 Å². The maximum atomic E-state index is 12.1. The molecule has 2 aromatic carbocycles. The number of nitrogens with two attached hydrogens (primary N) is 1. The lowest BCUT2D eigenvalue weighted by molar-refractivity contribution is -0.140. The molecule has 0 fully saturated rings. The molecule has 0 saturated heterocycles. The SMILES string of the molecule is COC(=O)CCc1ccc(NC(=O)CC(N)c2ccccc2)cc1. The number of benzene rings is 2. The van der Waals surface area contributed by atoms with Gasteiger partial charge in [-0.05, 0) is 29.7 Å². The largest absolute Gasteiger partial charge is 0.469 e. The molecule has 0 aliphatic heterocycles. The van der Waals surface area contributed by atoms with Crippen molar-refractivity contribution in [3.05, 3.63) is 65.7 Å². The minimum atomic E-state index is -0.328. The summed E-state index contributed by atoms with van der Waals surface area (Å²) in [5.41, 5.74) is 8.71. The normalized spacial score (nSPS) is 11.6. The van der Waals surface area contributed by atoms with E-state index in [9.17, 15) is 9.59 Å². The summed E-state index contributed by atoms with van der Waals surface area (Å²) < 4.78 is 4.61. The van der Waals surface area contributed by atoms with Gasteiger partial charge in [-0.25, -0.2) is 0 Å². The fraction of sp³-hybridized carbons (Fsp3) is 0.263. The minimum Gasteiger partial charge on any atom is -0.469 e. The lowest BCUT2D eigenvalue weighted by atomic mass is 10.0. The summed E-state index contributed by atoms with van der Waals surface area (Å²) in [5.74, 6) is -0.365. The van der Waals surface area contributed by atoms with E-state index in [0.717, 1.165) is 11.1 Å². The van der Waals surface area contributed by atoms with Crippen molar-refractivity contribution >= 4 is 17.6 Å². The van der Waals surface area contributed by atoms with Crippen LogP contribution in [-0.4, -0.2) is 19.0 Å². The van der Waals surface area contributed by atoms with Crippen molar-refractivity contribution in [1.29, 1.82) is 0 Å². The third-order valence-corrected chi connectivity index (χ3v) is 3.72. The van der Waals surface area contributed by atoms with Gasteiger partial charge in [-0.3, -0.25) is 9.59 Å². The molecule has 1 amide bonds. The average Bonchev–Trinajstić information content (AvgIpc) is 2.61. The second kappa shape index (κ2) is 8.84. The number of amides is 1. The molecule has 0 aliphatic carbocycles. The Morgan fingerprint density at radius 2 is 1.75 bits per heavy atom. The topological polar surface area (TPSA) is 81.4 Å². The summed E-state index contributed by atoms with van der Waals surface area (Å²) in [6.45, 7) is 0. The predicted molar refractivity (Wildman–Crippen MR) is 93.4 cm³/mol. The van der Waals surface area contributed by atoms with Crippen molar-refractivity contribution in [3.63, 3.8) is 0 Å². The van der Waals surface area contributed by atoms with Gasteiger partial charge in [0.05, 0.1) is 7.11 Å². The van der Waals surface area contributed by atoms with E-state index in [-0.39, 0.29) is 24.3 Å². The molecule has 126 valence electrons. The zero-order chi connectivity index (χ0) is 17.4. The van der Waals surface area contributed by atoms with E-state index in [1.807, 2.05) is 54.6 Å². The fourth-order valence-corrected chi connectivity index (χ4v) is 2.33. The van der Waals surface area contributed by atoms with E-state index in [1.165, 1.54) is 7.11 Å². The van der Waals surface area contributed by atoms with E-state index >= 15 is 0 Å². The molecule has 0 bridgehead atoms. The number of aryl methyl sites for hydroxylation is 1. The minimum absolute atomic E-state index is 0.131. The highest BCUT2D eigenvalue weighted by Gasteiger charge is 2.11. The van der Waals surface area contributed by atoms with Crippen molar-refractivity contribution in [1.82, 2.24) is 0 Å². The van der Waals surface area contributed by atoms with Gasteiger partial charge in [0.1, 0.15) is 0 Å². The van der Waals surface area contributed by atoms with Crippen LogP contribution in [0.5, 0.6) is 0 Å². The first-order chi connectivity index (χ1) is 11.6. The Hall–Kier alpha value is -2.66. The first kappa shape index (κ1) is 17.7. The molecule has 0 saturated carbocycles. The van der Waals surface area contributed by atoms with E-state index in [1.54, 1.807) is 0 Å². The molecule has 2 rings (SSSR count). The Kier molecular flexibility index (Phi) is 6.51. The second-order valence-electron chi connectivity index (χ2n) is 5.54. The van der Waals surface area contributed by atoms with Crippen molar-refractivity contribution in [2.24, 2.45) is 5.73 Å². The Morgan fingerprint density at radius 3 is 2.38 bits per heavy atom. The highest BCUT2D eigenvalue weighted by atomic mass is 16.5. The molecule has 5 nitrogen and oxygen atoms in total. The van der Waals surface area contributed by atoms with Gasteiger partial charge < -0.3 is 15.8 Å². The summed E-state index contributed by atoms with van der Waals surface area (Å²) in [7, 11) is 1.38. The maximum absolute atomic E-state index is 12.1. The van der Waals surface area contributed by atoms with Crippen molar-refractivity contribution in [3.8, 4) is 0 Å². The van der Waals surface area contributed by atoms with Crippen LogP contribution in [-0.2, 0) is 20.7 Å². The highest BCUT2D eigenvalue weighted by molar-refractivity contribution is 5.91. The van der Waals surface area contributed by atoms with Crippen LogP contribution in [0.2, 0.25) is 0 Å². The molecule has 0 spiro atoms. The second-order valence-corrected chi connectivity index (χ2v) is 5.54. The van der Waals surface area contributed by atoms with E-state index in [4.69, 9.17) is 5.73 Å². The van der Waals surface area contributed by atoms with Crippen LogP contribution in [0.1, 0.15) is 30.0 Å². The van der Waals surface area contributed by atoms with Crippen LogP contribution < -0.4 is 11.1 Å². The summed E-state index contributed by atoms with van der Waals surface area (Å²) in [4.78, 5) is 23.2. The summed E-state index contributed by atoms with van der Waals surface area (Å²) in [5, 5.41) is 2.84. The number of methoxy groups -OCH3 is 1. The quantitative estimate of drug-likeness (QED) is 0.767. The summed E-state index contributed by atoms with van der Waals surface area (Å²) in [6.07, 6.45) is 1.17. The van der Waals surface area contributed by atoms with Gasteiger partial charge in [-0.2, -0.15) is 0 Å². The molecule has 0 heterocycles. The number of rotatable bonds is 7. The summed E-state index contributed by atoms with van der Waals surface area (Å²) >= 11 is 0. The van der Waals surface area contributed by atoms with Crippen LogP contribution >= 0.6 is 0 Å². The standard InChI is InChI=1S/C19H22N2O3/c1-24-19(23)12-9-14-7-10-16(11-8-14)21-18(22)13-17(20)15-5-3-2-4-6-15/h2-8,10-11,17H,9,12-13,20H2,1H3,(H,21,22). The number of hydrogen-bond donors (Lipinski definition) is 2. The van der Waals surface area contributed by atoms with Crippen molar-refractivity contribution in [2.75, 3.05) is 12.4 Å². The van der Waals surface area contributed by atoms with E-state index < -0.39 is 0 Å². The number of carbonyl (C=O) groups excluding carboxylic acids is 2. The zero-order valence-corrected chi connectivity index (χ0v) is 13.7. The van der Waals surface area contributed by atoms with Gasteiger partial charge in [0.2, 0.25) is 5.91 Å². The van der Waals surface area contributed by atoms with E-state index in [0.29, 0.717) is 18.5 Å². The lowest BCUT2D eigenvalue weighted by Gasteiger charge is -2.12. The predicted octanol–water partition coefficient (Wildman–Crippen LogP) is 2.82. The molecule has 0 radical (unpaired) electrons. The fourth-order valence-electron chi connectivity index (χ4n) is 2.33. The number of anilines is 1. The first-order valence-corrected chi connectivity index (χ1v) is 7.84. The molecular formula is C19H22N2O3. The Labute approximate surface area is 141 Å². The molecule has 2 aromatic rings. The maximum Gasteiger partial charge on any atom is 0.305 e. The molecule has 0 aromatic heterocycles. The van der Waals surface area contributed by atoms with Crippen LogP contribution in [0, 0.1) is 0 Å². The van der Waals surface area contributed by atoms with Gasteiger partial charge in [0.15, 0.2) is 0 Å². The Bertz CT molecular complexity index is 669. The van der Waals surface area contributed by atoms with Gasteiger partial charge in [-0.15, -0.1) is 0 Å². The van der Waals surface area contributed by atoms with Crippen LogP contribution in [0.15, 0.2) is 54.6 Å². The van der Waals surface area contributed by atoms with Crippen molar-refractivity contribution in [2.45, 2.75) is 25.3 Å². The number of nitrogens with one attached hydrogen (secondary N) is 1. The number of ether oxygens (including phenoxy) is 1. The first-order valence-electron chi connectivity index (χ1n) is 7.84. The third kappa shape index (κ3) is 5.52. The molecule has 0 aliphatic rings.